The monoisotopic (exact) mass is 309 g/mol. The average Bonchev–Trinajstić information content (AvgIpc) is 2.55. The minimum Gasteiger partial charge on any atom is -0.353 e. The lowest BCUT2D eigenvalue weighted by Crippen LogP contribution is -2.46. The van der Waals surface area contributed by atoms with Gasteiger partial charge >= 0.3 is 0 Å². The minimum absolute atomic E-state index is 0.0875. The van der Waals surface area contributed by atoms with Gasteiger partial charge < -0.3 is 16.0 Å². The lowest BCUT2D eigenvalue weighted by Gasteiger charge is -2.37. The smallest absolute Gasteiger partial charge is 0.220 e. The van der Waals surface area contributed by atoms with Gasteiger partial charge in [-0.1, -0.05) is 32.6 Å². The molecule has 22 heavy (non-hydrogen) atoms. The van der Waals surface area contributed by atoms with Gasteiger partial charge in [-0.25, -0.2) is 0 Å². The molecule has 1 saturated heterocycles. The van der Waals surface area contributed by atoms with Gasteiger partial charge in [0.25, 0.3) is 0 Å². The molecule has 4 nitrogen and oxygen atoms in total. The summed E-state index contributed by atoms with van der Waals surface area (Å²) in [5.41, 5.74) is 6.09. The molecular weight excluding hydrogens is 274 g/mol. The Bertz CT molecular complexity index is 331. The fourth-order valence-electron chi connectivity index (χ4n) is 4.06. The first-order chi connectivity index (χ1) is 10.7. The van der Waals surface area contributed by atoms with Crippen LogP contribution in [-0.2, 0) is 4.79 Å². The van der Waals surface area contributed by atoms with E-state index >= 15 is 0 Å². The first-order valence-corrected chi connectivity index (χ1v) is 9.39. The Morgan fingerprint density at radius 1 is 1.23 bits per heavy atom. The molecule has 0 aromatic carbocycles. The average molecular weight is 309 g/mol. The summed E-state index contributed by atoms with van der Waals surface area (Å²) in [5, 5.41) is 3.28. The fourth-order valence-corrected chi connectivity index (χ4v) is 4.06. The molecule has 1 heterocycles. The van der Waals surface area contributed by atoms with E-state index in [0.717, 1.165) is 38.8 Å². The molecule has 1 saturated carbocycles. The molecule has 0 atom stereocenters. The first-order valence-electron chi connectivity index (χ1n) is 9.39. The molecular formula is C18H35N3O. The maximum Gasteiger partial charge on any atom is 0.220 e. The van der Waals surface area contributed by atoms with Crippen LogP contribution < -0.4 is 11.1 Å². The number of rotatable bonds is 7. The molecule has 1 aliphatic heterocycles. The molecule has 2 fully saturated rings. The van der Waals surface area contributed by atoms with E-state index in [1.165, 1.54) is 38.6 Å². The second-order valence-corrected chi connectivity index (χ2v) is 7.48. The van der Waals surface area contributed by atoms with Gasteiger partial charge in [-0.15, -0.1) is 0 Å². The van der Waals surface area contributed by atoms with E-state index in [1.807, 2.05) is 0 Å². The molecule has 0 aromatic rings. The van der Waals surface area contributed by atoms with E-state index in [0.29, 0.717) is 19.0 Å². The molecule has 0 unspecified atom stereocenters. The molecule has 0 bridgehead atoms. The molecule has 0 radical (unpaired) electrons. The highest BCUT2D eigenvalue weighted by atomic mass is 16.1. The fraction of sp³-hybridized carbons (Fsp3) is 0.944. The number of likely N-dealkylation sites (tertiary alicyclic amines) is 1. The minimum atomic E-state index is 0.0875. The molecule has 3 N–H and O–H groups in total. The van der Waals surface area contributed by atoms with Gasteiger partial charge in [0.15, 0.2) is 0 Å². The van der Waals surface area contributed by atoms with E-state index in [-0.39, 0.29) is 11.3 Å². The summed E-state index contributed by atoms with van der Waals surface area (Å²) in [4.78, 5) is 15.0. The molecule has 128 valence electrons. The maximum atomic E-state index is 12.4. The van der Waals surface area contributed by atoms with Crippen LogP contribution in [0.25, 0.3) is 0 Å². The van der Waals surface area contributed by atoms with Crippen molar-refractivity contribution in [3.8, 4) is 0 Å². The summed E-state index contributed by atoms with van der Waals surface area (Å²) in [5.74, 6) is 0.236. The highest BCUT2D eigenvalue weighted by Gasteiger charge is 2.33. The molecule has 0 aromatic heterocycles. The Balaban J connectivity index is 1.71. The van der Waals surface area contributed by atoms with E-state index in [9.17, 15) is 4.79 Å². The number of nitrogens with two attached hydrogens (primary N) is 1. The largest absolute Gasteiger partial charge is 0.353 e. The van der Waals surface area contributed by atoms with Gasteiger partial charge in [0.2, 0.25) is 5.91 Å². The summed E-state index contributed by atoms with van der Waals surface area (Å²) in [6.45, 7) is 6.38. The van der Waals surface area contributed by atoms with E-state index < -0.39 is 0 Å². The summed E-state index contributed by atoms with van der Waals surface area (Å²) in [6, 6.07) is 0.379. The van der Waals surface area contributed by atoms with Crippen LogP contribution >= 0.6 is 0 Å². The van der Waals surface area contributed by atoms with Gasteiger partial charge in [0.05, 0.1) is 0 Å². The predicted molar refractivity (Wildman–Crippen MR) is 91.7 cm³/mol. The van der Waals surface area contributed by atoms with Crippen LogP contribution in [-0.4, -0.2) is 43.0 Å². The van der Waals surface area contributed by atoms with Crippen molar-refractivity contribution in [2.45, 2.75) is 77.2 Å². The van der Waals surface area contributed by atoms with Gasteiger partial charge in [0.1, 0.15) is 0 Å². The van der Waals surface area contributed by atoms with Crippen molar-refractivity contribution >= 4 is 5.91 Å². The normalized spacial score (nSPS) is 23.4. The first kappa shape index (κ1) is 17.7. The summed E-state index contributed by atoms with van der Waals surface area (Å²) in [7, 11) is 0. The zero-order valence-electron chi connectivity index (χ0n) is 14.4. The second kappa shape index (κ2) is 8.88. The highest BCUT2D eigenvalue weighted by molar-refractivity contribution is 5.77. The third kappa shape index (κ3) is 5.24. The van der Waals surface area contributed by atoms with Crippen molar-refractivity contribution in [1.82, 2.24) is 10.2 Å². The third-order valence-electron chi connectivity index (χ3n) is 5.66. The number of carbonyl (C=O) groups excluding carboxylic acids is 1. The van der Waals surface area contributed by atoms with Crippen molar-refractivity contribution in [1.29, 1.82) is 0 Å². The quantitative estimate of drug-likeness (QED) is 0.760. The number of hydrogen-bond acceptors (Lipinski definition) is 3. The van der Waals surface area contributed by atoms with Crippen LogP contribution in [0.15, 0.2) is 0 Å². The van der Waals surface area contributed by atoms with Crippen molar-refractivity contribution < 1.29 is 4.79 Å². The van der Waals surface area contributed by atoms with Crippen LogP contribution in [0.3, 0.4) is 0 Å². The van der Waals surface area contributed by atoms with Gasteiger partial charge in [-0.05, 0) is 50.6 Å². The predicted octanol–water partition coefficient (Wildman–Crippen LogP) is 2.67. The molecule has 4 heteroatoms. The van der Waals surface area contributed by atoms with Crippen LogP contribution in [0, 0.1) is 5.41 Å². The molecule has 0 spiro atoms. The van der Waals surface area contributed by atoms with Crippen molar-refractivity contribution in [3.05, 3.63) is 0 Å². The van der Waals surface area contributed by atoms with Crippen LogP contribution in [0.1, 0.15) is 71.1 Å². The van der Waals surface area contributed by atoms with E-state index in [2.05, 4.69) is 17.1 Å². The van der Waals surface area contributed by atoms with Crippen molar-refractivity contribution in [2.24, 2.45) is 11.1 Å². The van der Waals surface area contributed by atoms with Crippen LogP contribution in [0.4, 0.5) is 0 Å². The second-order valence-electron chi connectivity index (χ2n) is 7.48. The Hall–Kier alpha value is -0.610. The van der Waals surface area contributed by atoms with Gasteiger partial charge in [-0.3, -0.25) is 4.79 Å². The number of nitrogens with zero attached hydrogens (tertiary/aromatic N) is 1. The van der Waals surface area contributed by atoms with Gasteiger partial charge in [0, 0.05) is 25.6 Å². The molecule has 2 rings (SSSR count). The number of carbonyl (C=O) groups is 1. The van der Waals surface area contributed by atoms with Crippen LogP contribution in [0.5, 0.6) is 0 Å². The molecule has 2 aliphatic rings. The number of piperidine rings is 1. The van der Waals surface area contributed by atoms with E-state index in [4.69, 9.17) is 5.73 Å². The zero-order chi connectivity index (χ0) is 15.8. The lowest BCUT2D eigenvalue weighted by molar-refractivity contribution is -0.124. The van der Waals surface area contributed by atoms with E-state index in [1.54, 1.807) is 0 Å². The highest BCUT2D eigenvalue weighted by Crippen LogP contribution is 2.38. The third-order valence-corrected chi connectivity index (χ3v) is 5.66. The van der Waals surface area contributed by atoms with Crippen molar-refractivity contribution in [2.75, 3.05) is 26.2 Å². The Labute approximate surface area is 136 Å². The standard InChI is InChI=1S/C18H35N3O/c1-2-3-11-21-12-7-16(8-13-21)20-17(22)14-18(15-19)9-5-4-6-10-18/h16H,2-15,19H2,1H3,(H,20,22). The summed E-state index contributed by atoms with van der Waals surface area (Å²) in [6.07, 6.45) is 11.4. The van der Waals surface area contributed by atoms with Gasteiger partial charge in [-0.2, -0.15) is 0 Å². The van der Waals surface area contributed by atoms with Crippen LogP contribution in [0.2, 0.25) is 0 Å². The summed E-state index contributed by atoms with van der Waals surface area (Å²) >= 11 is 0. The van der Waals surface area contributed by atoms with Crippen molar-refractivity contribution in [3.63, 3.8) is 0 Å². The maximum absolute atomic E-state index is 12.4. The summed E-state index contributed by atoms with van der Waals surface area (Å²) < 4.78 is 0. The number of hydrogen-bond donors (Lipinski definition) is 2. The number of amides is 1. The number of unbranched alkanes of at least 4 members (excludes halogenated alkanes) is 1. The lowest BCUT2D eigenvalue weighted by atomic mass is 9.71. The Morgan fingerprint density at radius 3 is 2.50 bits per heavy atom. The Kier molecular flexibility index (Phi) is 7.16. The topological polar surface area (TPSA) is 58.4 Å². The zero-order valence-corrected chi connectivity index (χ0v) is 14.4. The molecule has 1 amide bonds. The number of nitrogens with one attached hydrogen (secondary N) is 1. The Morgan fingerprint density at radius 2 is 1.91 bits per heavy atom. The SMILES string of the molecule is CCCCN1CCC(NC(=O)CC2(CN)CCCCC2)CC1. The molecule has 1 aliphatic carbocycles.